The van der Waals surface area contributed by atoms with Gasteiger partial charge in [0.15, 0.2) is 0 Å². The van der Waals surface area contributed by atoms with Crippen molar-refractivity contribution in [3.63, 3.8) is 0 Å². The summed E-state index contributed by atoms with van der Waals surface area (Å²) >= 11 is 0. The average Bonchev–Trinajstić information content (AvgIpc) is 2.39. The Kier molecular flexibility index (Phi) is 4.28. The van der Waals surface area contributed by atoms with Gasteiger partial charge in [0.1, 0.15) is 0 Å². The van der Waals surface area contributed by atoms with Crippen LogP contribution in [0.2, 0.25) is 0 Å². The summed E-state index contributed by atoms with van der Waals surface area (Å²) in [5.74, 6) is 0. The van der Waals surface area contributed by atoms with Gasteiger partial charge >= 0.3 is 0 Å². The van der Waals surface area contributed by atoms with E-state index in [4.69, 9.17) is 0 Å². The predicted octanol–water partition coefficient (Wildman–Crippen LogP) is 1.71. The quantitative estimate of drug-likeness (QED) is 0.847. The normalized spacial score (nSPS) is 22.6. The molecule has 0 N–H and O–H groups in total. The maximum atomic E-state index is 12.7. The number of benzene rings is 1. The van der Waals surface area contributed by atoms with E-state index in [1.54, 1.807) is 16.4 Å². The zero-order valence-corrected chi connectivity index (χ0v) is 12.7. The summed E-state index contributed by atoms with van der Waals surface area (Å²) in [5.41, 5.74) is 0.813. The van der Waals surface area contributed by atoms with Crippen LogP contribution in [0.5, 0.6) is 0 Å². The molecule has 1 unspecified atom stereocenters. The lowest BCUT2D eigenvalue weighted by Crippen LogP contribution is -2.53. The minimum absolute atomic E-state index is 0.276. The van der Waals surface area contributed by atoms with Crippen molar-refractivity contribution in [1.82, 2.24) is 9.21 Å². The summed E-state index contributed by atoms with van der Waals surface area (Å²) in [6.07, 6.45) is 0. The van der Waals surface area contributed by atoms with Crippen molar-refractivity contribution in [2.24, 2.45) is 0 Å². The predicted molar refractivity (Wildman–Crippen MR) is 76.6 cm³/mol. The van der Waals surface area contributed by atoms with Gasteiger partial charge < -0.3 is 0 Å². The summed E-state index contributed by atoms with van der Waals surface area (Å²) in [6.45, 7) is 8.98. The number of aryl methyl sites for hydroxylation is 1. The first-order valence-electron chi connectivity index (χ1n) is 6.76. The molecule has 1 aromatic rings. The summed E-state index contributed by atoms with van der Waals surface area (Å²) in [4.78, 5) is 2.75. The summed E-state index contributed by atoms with van der Waals surface area (Å²) < 4.78 is 26.9. The molecular formula is C14H22N2O2S. The molecule has 0 aromatic heterocycles. The van der Waals surface area contributed by atoms with Crippen molar-refractivity contribution in [2.45, 2.75) is 31.7 Å². The maximum absolute atomic E-state index is 12.7. The van der Waals surface area contributed by atoms with Crippen molar-refractivity contribution in [1.29, 1.82) is 0 Å². The van der Waals surface area contributed by atoms with Crippen molar-refractivity contribution in [2.75, 3.05) is 26.2 Å². The molecule has 0 spiro atoms. The van der Waals surface area contributed by atoms with Gasteiger partial charge in [-0.3, -0.25) is 4.90 Å². The Morgan fingerprint density at radius 2 is 1.95 bits per heavy atom. The van der Waals surface area contributed by atoms with Gasteiger partial charge in [-0.1, -0.05) is 25.1 Å². The molecule has 19 heavy (non-hydrogen) atoms. The first-order valence-corrected chi connectivity index (χ1v) is 8.20. The van der Waals surface area contributed by atoms with Crippen molar-refractivity contribution >= 4 is 10.0 Å². The Morgan fingerprint density at radius 1 is 1.26 bits per heavy atom. The van der Waals surface area contributed by atoms with Gasteiger partial charge in [0.2, 0.25) is 10.0 Å². The van der Waals surface area contributed by atoms with E-state index >= 15 is 0 Å². The Bertz CT molecular complexity index is 542. The van der Waals surface area contributed by atoms with Crippen LogP contribution in [0.3, 0.4) is 0 Å². The highest BCUT2D eigenvalue weighted by Crippen LogP contribution is 2.22. The minimum atomic E-state index is -3.35. The van der Waals surface area contributed by atoms with Crippen molar-refractivity contribution in [3.8, 4) is 0 Å². The third kappa shape index (κ3) is 2.83. The lowest BCUT2D eigenvalue weighted by atomic mass is 10.2. The Balaban J connectivity index is 2.25. The van der Waals surface area contributed by atoms with Gasteiger partial charge in [-0.2, -0.15) is 4.31 Å². The lowest BCUT2D eigenvalue weighted by Gasteiger charge is -2.38. The number of rotatable bonds is 3. The molecule has 1 fully saturated rings. The van der Waals surface area contributed by atoms with Crippen molar-refractivity contribution in [3.05, 3.63) is 29.8 Å². The van der Waals surface area contributed by atoms with E-state index in [1.807, 2.05) is 19.1 Å². The zero-order valence-electron chi connectivity index (χ0n) is 11.8. The third-order valence-corrected chi connectivity index (χ3v) is 5.87. The molecule has 1 aliphatic rings. The standard InChI is InChI=1S/C14H22N2O2S/c1-4-15-9-10-16(11-13(15)3)19(17,18)14-8-6-5-7-12(14)2/h5-8,13H,4,9-11H2,1-3H3. The van der Waals surface area contributed by atoms with Crippen LogP contribution < -0.4 is 0 Å². The second-order valence-electron chi connectivity index (χ2n) is 5.11. The van der Waals surface area contributed by atoms with E-state index in [0.29, 0.717) is 18.0 Å². The second kappa shape index (κ2) is 5.61. The molecule has 2 rings (SSSR count). The van der Waals surface area contributed by atoms with E-state index in [2.05, 4.69) is 18.7 Å². The molecule has 0 bridgehead atoms. The fraction of sp³-hybridized carbons (Fsp3) is 0.571. The number of piperazine rings is 1. The highest BCUT2D eigenvalue weighted by atomic mass is 32.2. The maximum Gasteiger partial charge on any atom is 0.243 e. The fourth-order valence-corrected chi connectivity index (χ4v) is 4.37. The SMILES string of the molecule is CCN1CCN(S(=O)(=O)c2ccccc2C)CC1C. The van der Waals surface area contributed by atoms with Gasteiger partial charge in [-0.05, 0) is 32.0 Å². The van der Waals surface area contributed by atoms with Gasteiger partial charge in [0.25, 0.3) is 0 Å². The smallest absolute Gasteiger partial charge is 0.243 e. The highest BCUT2D eigenvalue weighted by Gasteiger charge is 2.32. The van der Waals surface area contributed by atoms with E-state index < -0.39 is 10.0 Å². The minimum Gasteiger partial charge on any atom is -0.298 e. The largest absolute Gasteiger partial charge is 0.298 e. The first-order chi connectivity index (χ1) is 8.96. The van der Waals surface area contributed by atoms with E-state index in [9.17, 15) is 8.42 Å². The third-order valence-electron chi connectivity index (χ3n) is 3.85. The molecule has 0 aliphatic carbocycles. The van der Waals surface area contributed by atoms with Crippen LogP contribution in [0, 0.1) is 6.92 Å². The Hall–Kier alpha value is -0.910. The average molecular weight is 282 g/mol. The van der Waals surface area contributed by atoms with Crippen LogP contribution in [-0.2, 0) is 10.0 Å². The van der Waals surface area contributed by atoms with Gasteiger partial charge in [0, 0.05) is 25.7 Å². The monoisotopic (exact) mass is 282 g/mol. The summed E-state index contributed by atoms with van der Waals surface area (Å²) in [7, 11) is -3.35. The van der Waals surface area contributed by atoms with Crippen LogP contribution in [0.15, 0.2) is 29.2 Å². The van der Waals surface area contributed by atoms with Gasteiger partial charge in [0.05, 0.1) is 4.90 Å². The molecule has 1 aliphatic heterocycles. The molecular weight excluding hydrogens is 260 g/mol. The molecule has 5 heteroatoms. The van der Waals surface area contributed by atoms with Crippen LogP contribution >= 0.6 is 0 Å². The summed E-state index contributed by atoms with van der Waals surface area (Å²) in [6, 6.07) is 7.47. The lowest BCUT2D eigenvalue weighted by molar-refractivity contribution is 0.135. The number of likely N-dealkylation sites (N-methyl/N-ethyl adjacent to an activating group) is 1. The molecule has 1 aromatic carbocycles. The number of nitrogens with zero attached hydrogens (tertiary/aromatic N) is 2. The fourth-order valence-electron chi connectivity index (χ4n) is 2.63. The molecule has 1 heterocycles. The molecule has 0 saturated carbocycles. The van der Waals surface area contributed by atoms with Gasteiger partial charge in [-0.25, -0.2) is 8.42 Å². The first kappa shape index (κ1) is 14.5. The zero-order chi connectivity index (χ0) is 14.0. The molecule has 0 amide bonds. The Labute approximate surface area is 116 Å². The van der Waals surface area contributed by atoms with Crippen LogP contribution in [0.4, 0.5) is 0 Å². The molecule has 1 saturated heterocycles. The Morgan fingerprint density at radius 3 is 2.53 bits per heavy atom. The van der Waals surface area contributed by atoms with Crippen LogP contribution in [0.25, 0.3) is 0 Å². The van der Waals surface area contributed by atoms with Crippen molar-refractivity contribution < 1.29 is 8.42 Å². The summed E-state index contributed by atoms with van der Waals surface area (Å²) in [5, 5.41) is 0. The van der Waals surface area contributed by atoms with E-state index in [1.165, 1.54) is 0 Å². The van der Waals surface area contributed by atoms with E-state index in [0.717, 1.165) is 18.7 Å². The van der Waals surface area contributed by atoms with E-state index in [-0.39, 0.29) is 6.04 Å². The molecule has 106 valence electrons. The molecule has 1 atom stereocenters. The number of hydrogen-bond donors (Lipinski definition) is 0. The highest BCUT2D eigenvalue weighted by molar-refractivity contribution is 7.89. The van der Waals surface area contributed by atoms with Gasteiger partial charge in [-0.15, -0.1) is 0 Å². The second-order valence-corrected chi connectivity index (χ2v) is 7.01. The molecule has 4 nitrogen and oxygen atoms in total. The number of sulfonamides is 1. The molecule has 0 radical (unpaired) electrons. The topological polar surface area (TPSA) is 40.6 Å². The number of hydrogen-bond acceptors (Lipinski definition) is 3. The van der Waals surface area contributed by atoms with Crippen LogP contribution in [-0.4, -0.2) is 49.8 Å². The van der Waals surface area contributed by atoms with Crippen LogP contribution in [0.1, 0.15) is 19.4 Å².